The van der Waals surface area contributed by atoms with Crippen LogP contribution in [0.1, 0.15) is 49.1 Å². The van der Waals surface area contributed by atoms with Gasteiger partial charge in [0.2, 0.25) is 11.8 Å². The normalized spacial score (nSPS) is 24.7. The summed E-state index contributed by atoms with van der Waals surface area (Å²) in [5.74, 6) is -2.08. The number of rotatable bonds is 6. The van der Waals surface area contributed by atoms with Gasteiger partial charge in [0.25, 0.3) is 0 Å². The van der Waals surface area contributed by atoms with E-state index in [0.29, 0.717) is 32.2 Å². The van der Waals surface area contributed by atoms with Crippen molar-refractivity contribution < 1.29 is 29.0 Å². The van der Waals surface area contributed by atoms with Crippen molar-refractivity contribution in [2.75, 3.05) is 26.2 Å². The van der Waals surface area contributed by atoms with Crippen molar-refractivity contribution in [1.82, 2.24) is 14.7 Å². The highest BCUT2D eigenvalue weighted by molar-refractivity contribution is 5.94. The molecule has 3 heterocycles. The summed E-state index contributed by atoms with van der Waals surface area (Å²) < 4.78 is 5.83. The summed E-state index contributed by atoms with van der Waals surface area (Å²) in [5, 5.41) is 13.3. The molecule has 0 spiro atoms. The molecule has 1 aliphatic carbocycles. The van der Waals surface area contributed by atoms with Gasteiger partial charge in [-0.2, -0.15) is 0 Å². The minimum atomic E-state index is -1.08. The zero-order chi connectivity index (χ0) is 29.4. The third-order valence-corrected chi connectivity index (χ3v) is 8.99. The van der Waals surface area contributed by atoms with Crippen molar-refractivity contribution in [2.45, 2.75) is 62.2 Å². The number of carboxylic acids is 1. The van der Waals surface area contributed by atoms with E-state index in [1.165, 1.54) is 14.7 Å². The molecule has 4 atom stereocenters. The maximum atomic E-state index is 13.9. The molecule has 42 heavy (non-hydrogen) atoms. The molecule has 218 valence electrons. The van der Waals surface area contributed by atoms with Crippen molar-refractivity contribution >= 4 is 23.9 Å². The molecule has 12 heteroatoms. The molecule has 3 saturated heterocycles. The minimum absolute atomic E-state index is 0.0277. The number of ether oxygens (including phenoxy) is 1. The Balaban J connectivity index is 1.17. The SMILES string of the molecule is [N-]=[N+]=N[C@H]1C[C@@H](C(=O)N2CCC[C@H]2C(=O)O)N(C(=O)[C@@H]2CCCN2C(=O)OCC2c3ccccc3-c3ccccc32)C1. The Morgan fingerprint density at radius 2 is 1.45 bits per heavy atom. The molecule has 1 N–H and O–H groups in total. The van der Waals surface area contributed by atoms with Crippen LogP contribution in [0, 0.1) is 0 Å². The van der Waals surface area contributed by atoms with E-state index in [4.69, 9.17) is 10.3 Å². The Morgan fingerprint density at radius 1 is 0.857 bits per heavy atom. The van der Waals surface area contributed by atoms with Gasteiger partial charge in [-0.25, -0.2) is 9.59 Å². The van der Waals surface area contributed by atoms with Crippen LogP contribution < -0.4 is 0 Å². The van der Waals surface area contributed by atoms with E-state index in [0.717, 1.165) is 22.3 Å². The smallest absolute Gasteiger partial charge is 0.410 e. The fourth-order valence-electron chi connectivity index (χ4n) is 7.04. The molecule has 4 aliphatic rings. The van der Waals surface area contributed by atoms with E-state index in [9.17, 15) is 24.3 Å². The largest absolute Gasteiger partial charge is 0.480 e. The number of benzene rings is 2. The van der Waals surface area contributed by atoms with Crippen LogP contribution in [0.3, 0.4) is 0 Å². The molecule has 0 unspecified atom stereocenters. The summed E-state index contributed by atoms with van der Waals surface area (Å²) in [5.41, 5.74) is 13.4. The van der Waals surface area contributed by atoms with Crippen molar-refractivity contribution in [3.05, 3.63) is 70.1 Å². The summed E-state index contributed by atoms with van der Waals surface area (Å²) in [6.45, 7) is 0.780. The van der Waals surface area contributed by atoms with Crippen LogP contribution in [0.4, 0.5) is 4.79 Å². The summed E-state index contributed by atoms with van der Waals surface area (Å²) in [7, 11) is 0. The number of nitrogens with zero attached hydrogens (tertiary/aromatic N) is 6. The fourth-order valence-corrected chi connectivity index (χ4v) is 7.04. The van der Waals surface area contributed by atoms with Gasteiger partial charge in [-0.15, -0.1) is 0 Å². The molecule has 0 radical (unpaired) electrons. The summed E-state index contributed by atoms with van der Waals surface area (Å²) in [6, 6.07) is 12.7. The Kier molecular flexibility index (Phi) is 7.47. The minimum Gasteiger partial charge on any atom is -0.480 e. The number of aliphatic carboxylic acids is 1. The lowest BCUT2D eigenvalue weighted by molar-refractivity contribution is -0.152. The lowest BCUT2D eigenvalue weighted by Gasteiger charge is -2.33. The molecule has 0 aromatic heterocycles. The van der Waals surface area contributed by atoms with Gasteiger partial charge in [0.15, 0.2) is 0 Å². The van der Waals surface area contributed by atoms with Crippen LogP contribution in [0.5, 0.6) is 0 Å². The van der Waals surface area contributed by atoms with Crippen molar-refractivity contribution in [1.29, 1.82) is 0 Å². The molecule has 3 fully saturated rings. The van der Waals surface area contributed by atoms with E-state index in [2.05, 4.69) is 22.2 Å². The predicted molar refractivity (Wildman–Crippen MR) is 150 cm³/mol. The Labute approximate surface area is 242 Å². The van der Waals surface area contributed by atoms with Crippen LogP contribution in [-0.4, -0.2) is 94.1 Å². The Bertz CT molecular complexity index is 1430. The van der Waals surface area contributed by atoms with Crippen molar-refractivity contribution in [3.63, 3.8) is 0 Å². The highest BCUT2D eigenvalue weighted by Gasteiger charge is 2.48. The number of carboxylic acid groups (broad SMARTS) is 1. The highest BCUT2D eigenvalue weighted by atomic mass is 16.6. The molecule has 0 bridgehead atoms. The number of likely N-dealkylation sites (tertiary alicyclic amines) is 3. The second kappa shape index (κ2) is 11.4. The maximum Gasteiger partial charge on any atom is 0.410 e. The van der Waals surface area contributed by atoms with Crippen LogP contribution in [-0.2, 0) is 19.1 Å². The first-order valence-corrected chi connectivity index (χ1v) is 14.4. The van der Waals surface area contributed by atoms with Crippen molar-refractivity contribution in [3.8, 4) is 11.1 Å². The molecule has 3 aliphatic heterocycles. The topological polar surface area (TPSA) is 156 Å². The lowest BCUT2D eigenvalue weighted by atomic mass is 9.98. The molecular weight excluding hydrogens is 540 g/mol. The van der Waals surface area contributed by atoms with Crippen molar-refractivity contribution in [2.24, 2.45) is 5.11 Å². The van der Waals surface area contributed by atoms with E-state index >= 15 is 0 Å². The quantitative estimate of drug-likeness (QED) is 0.316. The number of hydrogen-bond donors (Lipinski definition) is 1. The van der Waals surface area contributed by atoms with Gasteiger partial charge in [0.05, 0.1) is 6.04 Å². The van der Waals surface area contributed by atoms with Gasteiger partial charge in [-0.05, 0) is 59.9 Å². The first-order valence-electron chi connectivity index (χ1n) is 14.4. The number of amides is 3. The zero-order valence-corrected chi connectivity index (χ0v) is 23.0. The number of fused-ring (bicyclic) bond motifs is 3. The highest BCUT2D eigenvalue weighted by Crippen LogP contribution is 2.44. The monoisotopic (exact) mass is 572 g/mol. The molecule has 3 amide bonds. The van der Waals surface area contributed by atoms with Gasteiger partial charge in [-0.1, -0.05) is 53.6 Å². The first-order chi connectivity index (χ1) is 20.4. The Morgan fingerprint density at radius 3 is 2.10 bits per heavy atom. The number of carbonyl (C=O) groups is 4. The molecule has 6 rings (SSSR count). The maximum absolute atomic E-state index is 13.9. The second-order valence-corrected chi connectivity index (χ2v) is 11.3. The number of hydrogen-bond acceptors (Lipinski definition) is 6. The molecule has 2 aromatic carbocycles. The van der Waals surface area contributed by atoms with Gasteiger partial charge >= 0.3 is 12.1 Å². The van der Waals surface area contributed by atoms with Gasteiger partial charge in [0.1, 0.15) is 24.7 Å². The average Bonchev–Trinajstić information content (AvgIpc) is 3.80. The standard InChI is InChI=1S/C30H32N6O6/c31-33-32-18-15-26(28(38)34-13-6-12-25(34)29(39)40)36(16-18)27(37)24-11-5-14-35(24)30(41)42-17-23-21-9-3-1-7-19(21)20-8-2-4-10-22(20)23/h1-4,7-10,18,23-26H,5-6,11-17H2,(H,39,40)/t18-,24-,25-,26-/m0/s1. The van der Waals surface area contributed by atoms with E-state index in [1.54, 1.807) is 0 Å². The molecule has 0 saturated carbocycles. The van der Waals surface area contributed by atoms with Crippen LogP contribution in [0.2, 0.25) is 0 Å². The average molecular weight is 573 g/mol. The molecule has 2 aromatic rings. The molecular formula is C30H32N6O6. The summed E-state index contributed by atoms with van der Waals surface area (Å²) in [6.07, 6.45) is 1.43. The van der Waals surface area contributed by atoms with E-state index < -0.39 is 48.0 Å². The van der Waals surface area contributed by atoms with Gasteiger partial charge in [0, 0.05) is 30.5 Å². The lowest BCUT2D eigenvalue weighted by Crippen LogP contribution is -2.55. The number of carbonyl (C=O) groups excluding carboxylic acids is 3. The third-order valence-electron chi connectivity index (χ3n) is 8.99. The third kappa shape index (κ3) is 4.81. The fraction of sp³-hybridized carbons (Fsp3) is 0.467. The second-order valence-electron chi connectivity index (χ2n) is 11.3. The van der Waals surface area contributed by atoms with Crippen LogP contribution >= 0.6 is 0 Å². The van der Waals surface area contributed by atoms with Crippen LogP contribution in [0.25, 0.3) is 21.6 Å². The number of azide groups is 1. The van der Waals surface area contributed by atoms with Gasteiger partial charge < -0.3 is 19.6 Å². The van der Waals surface area contributed by atoms with Gasteiger partial charge in [-0.3, -0.25) is 14.5 Å². The summed E-state index contributed by atoms with van der Waals surface area (Å²) >= 11 is 0. The first kappa shape index (κ1) is 27.6. The zero-order valence-electron chi connectivity index (χ0n) is 23.0. The van der Waals surface area contributed by atoms with Crippen LogP contribution in [0.15, 0.2) is 53.6 Å². The summed E-state index contributed by atoms with van der Waals surface area (Å²) in [4.78, 5) is 59.5. The van der Waals surface area contributed by atoms with E-state index in [1.807, 2.05) is 36.4 Å². The molecule has 12 nitrogen and oxygen atoms in total. The Hall–Kier alpha value is -4.57. The van der Waals surface area contributed by atoms with E-state index in [-0.39, 0.29) is 32.0 Å². The predicted octanol–water partition coefficient (Wildman–Crippen LogP) is 3.76.